The van der Waals surface area contributed by atoms with Crippen molar-refractivity contribution in [3.8, 4) is 5.75 Å². The number of nitrogens with zero attached hydrogens (tertiary/aromatic N) is 3. The predicted octanol–water partition coefficient (Wildman–Crippen LogP) is 2.07. The second-order valence-corrected chi connectivity index (χ2v) is 6.23. The molecule has 0 aliphatic rings. The molecule has 0 bridgehead atoms. The summed E-state index contributed by atoms with van der Waals surface area (Å²) < 4.78 is 10.4. The maximum atomic E-state index is 12.1. The second kappa shape index (κ2) is 10.5. The average Bonchev–Trinajstić information content (AvgIpc) is 2.77. The van der Waals surface area contributed by atoms with Crippen LogP contribution in [-0.2, 0) is 16.1 Å². The van der Waals surface area contributed by atoms with E-state index in [9.17, 15) is 9.59 Å². The van der Waals surface area contributed by atoms with E-state index in [1.54, 1.807) is 24.3 Å². The van der Waals surface area contributed by atoms with Crippen LogP contribution in [0, 0.1) is 0 Å². The minimum Gasteiger partial charge on any atom is -0.494 e. The third-order valence-electron chi connectivity index (χ3n) is 3.91. The van der Waals surface area contributed by atoms with Crippen molar-refractivity contribution < 1.29 is 19.1 Å². The van der Waals surface area contributed by atoms with Crippen LogP contribution in [0.3, 0.4) is 0 Å². The summed E-state index contributed by atoms with van der Waals surface area (Å²) in [5.74, 6) is 0.0137. The Labute approximate surface area is 178 Å². The van der Waals surface area contributed by atoms with Crippen molar-refractivity contribution in [1.29, 1.82) is 0 Å². The molecular formula is C21H22N6O4. The fraction of sp³-hybridized carbons (Fsp3) is 0.190. The summed E-state index contributed by atoms with van der Waals surface area (Å²) in [5, 5.41) is 5.49. The highest BCUT2D eigenvalue weighted by atomic mass is 16.5. The number of carbonyl (C=O) groups excluding carboxylic acids is 2. The Morgan fingerprint density at radius 3 is 2.45 bits per heavy atom. The summed E-state index contributed by atoms with van der Waals surface area (Å²) in [6.07, 6.45) is 0. The molecule has 31 heavy (non-hydrogen) atoms. The van der Waals surface area contributed by atoms with Gasteiger partial charge in [-0.3, -0.25) is 9.59 Å². The number of anilines is 3. The zero-order valence-corrected chi connectivity index (χ0v) is 16.9. The maximum Gasteiger partial charge on any atom is 0.325 e. The summed E-state index contributed by atoms with van der Waals surface area (Å²) in [6, 6.07) is 15.9. The van der Waals surface area contributed by atoms with Gasteiger partial charge in [-0.05, 0) is 43.3 Å². The van der Waals surface area contributed by atoms with Crippen molar-refractivity contribution in [2.45, 2.75) is 13.5 Å². The Bertz CT molecular complexity index is 1030. The van der Waals surface area contributed by atoms with E-state index in [4.69, 9.17) is 15.2 Å². The predicted molar refractivity (Wildman–Crippen MR) is 114 cm³/mol. The van der Waals surface area contributed by atoms with Gasteiger partial charge in [0.25, 0.3) is 5.91 Å². The Morgan fingerprint density at radius 2 is 1.74 bits per heavy atom. The first kappa shape index (κ1) is 21.5. The maximum absolute atomic E-state index is 12.1. The number of nitrogens with two attached hydrogens (primary N) is 1. The van der Waals surface area contributed by atoms with E-state index >= 15 is 0 Å². The number of nitrogen functional groups attached to an aromatic ring is 1. The van der Waals surface area contributed by atoms with Gasteiger partial charge in [0.05, 0.1) is 6.61 Å². The number of ether oxygens (including phenoxy) is 2. The van der Waals surface area contributed by atoms with Crippen molar-refractivity contribution in [1.82, 2.24) is 20.3 Å². The molecule has 160 valence electrons. The van der Waals surface area contributed by atoms with Crippen LogP contribution in [0.4, 0.5) is 17.6 Å². The van der Waals surface area contributed by atoms with Crippen molar-refractivity contribution in [2.75, 3.05) is 24.2 Å². The standard InChI is InChI=1S/C21H22N6O4/c1-2-30-16-10-8-14(9-11-16)19(29)23-12-18(28)31-13-17-25-20(22)27-21(26-17)24-15-6-4-3-5-7-15/h3-11H,2,12-13H2,1H3,(H,23,29)(H3,22,24,25,26,27). The van der Waals surface area contributed by atoms with Crippen molar-refractivity contribution in [3.05, 3.63) is 66.0 Å². The molecule has 0 spiro atoms. The van der Waals surface area contributed by atoms with E-state index in [0.717, 1.165) is 5.69 Å². The fourth-order valence-corrected chi connectivity index (χ4v) is 2.53. The molecule has 1 heterocycles. The van der Waals surface area contributed by atoms with Crippen molar-refractivity contribution in [2.24, 2.45) is 0 Å². The van der Waals surface area contributed by atoms with E-state index < -0.39 is 11.9 Å². The van der Waals surface area contributed by atoms with E-state index in [2.05, 4.69) is 25.6 Å². The topological polar surface area (TPSA) is 141 Å². The minimum absolute atomic E-state index is 0.0108. The monoisotopic (exact) mass is 422 g/mol. The molecule has 1 aromatic heterocycles. The Hall–Kier alpha value is -4.21. The molecule has 1 amide bonds. The molecule has 0 atom stereocenters. The second-order valence-electron chi connectivity index (χ2n) is 6.23. The van der Waals surface area contributed by atoms with Gasteiger partial charge in [-0.15, -0.1) is 0 Å². The summed E-state index contributed by atoms with van der Waals surface area (Å²) in [6.45, 7) is 1.89. The highest BCUT2D eigenvalue weighted by Crippen LogP contribution is 2.13. The molecule has 4 N–H and O–H groups in total. The number of nitrogens with one attached hydrogen (secondary N) is 2. The summed E-state index contributed by atoms with van der Waals surface area (Å²) in [4.78, 5) is 36.3. The number of hydrogen-bond donors (Lipinski definition) is 3. The third kappa shape index (κ3) is 6.67. The number of benzene rings is 2. The lowest BCUT2D eigenvalue weighted by atomic mass is 10.2. The molecular weight excluding hydrogens is 400 g/mol. The van der Waals surface area contributed by atoms with Gasteiger partial charge in [0.15, 0.2) is 12.4 Å². The third-order valence-corrected chi connectivity index (χ3v) is 3.91. The molecule has 10 heteroatoms. The highest BCUT2D eigenvalue weighted by Gasteiger charge is 2.11. The number of rotatable bonds is 9. The normalized spacial score (nSPS) is 10.2. The largest absolute Gasteiger partial charge is 0.494 e. The first-order chi connectivity index (χ1) is 15.0. The molecule has 0 saturated heterocycles. The fourth-order valence-electron chi connectivity index (χ4n) is 2.53. The van der Waals surface area contributed by atoms with Gasteiger partial charge in [-0.25, -0.2) is 0 Å². The van der Waals surface area contributed by atoms with Gasteiger partial charge in [0.2, 0.25) is 11.9 Å². The molecule has 0 unspecified atom stereocenters. The smallest absolute Gasteiger partial charge is 0.325 e. The van der Waals surface area contributed by atoms with Crippen LogP contribution in [0.15, 0.2) is 54.6 Å². The quantitative estimate of drug-likeness (QED) is 0.442. The van der Waals surface area contributed by atoms with Gasteiger partial charge in [-0.2, -0.15) is 15.0 Å². The number of esters is 1. The summed E-state index contributed by atoms with van der Waals surface area (Å²) >= 11 is 0. The molecule has 0 fully saturated rings. The molecule has 10 nitrogen and oxygen atoms in total. The number of aromatic nitrogens is 3. The van der Waals surface area contributed by atoms with Gasteiger partial charge in [0.1, 0.15) is 12.3 Å². The van der Waals surface area contributed by atoms with E-state index in [1.807, 2.05) is 37.3 Å². The van der Waals surface area contributed by atoms with E-state index in [1.165, 1.54) is 0 Å². The van der Waals surface area contributed by atoms with Gasteiger partial charge >= 0.3 is 5.97 Å². The Morgan fingerprint density at radius 1 is 1.00 bits per heavy atom. The molecule has 0 saturated carbocycles. The zero-order valence-electron chi connectivity index (χ0n) is 16.9. The Kier molecular flexibility index (Phi) is 7.30. The van der Waals surface area contributed by atoms with Crippen molar-refractivity contribution >= 4 is 29.5 Å². The number of carbonyl (C=O) groups is 2. The van der Waals surface area contributed by atoms with Crippen LogP contribution in [0.25, 0.3) is 0 Å². The number of amides is 1. The molecule has 0 radical (unpaired) electrons. The SMILES string of the molecule is CCOc1ccc(C(=O)NCC(=O)OCc2nc(N)nc(Nc3ccccc3)n2)cc1. The zero-order chi connectivity index (χ0) is 22.1. The molecule has 0 aliphatic heterocycles. The number of para-hydroxylation sites is 1. The van der Waals surface area contributed by atoms with Gasteiger partial charge in [0, 0.05) is 11.3 Å². The van der Waals surface area contributed by atoms with Crippen LogP contribution in [0.2, 0.25) is 0 Å². The number of hydrogen-bond acceptors (Lipinski definition) is 9. The first-order valence-corrected chi connectivity index (χ1v) is 9.52. The van der Waals surface area contributed by atoms with Crippen LogP contribution in [0.5, 0.6) is 5.75 Å². The average molecular weight is 422 g/mol. The van der Waals surface area contributed by atoms with Gasteiger partial charge < -0.3 is 25.8 Å². The Balaban J connectivity index is 1.49. The highest BCUT2D eigenvalue weighted by molar-refractivity contribution is 5.96. The molecule has 3 aromatic rings. The van der Waals surface area contributed by atoms with Crippen LogP contribution >= 0.6 is 0 Å². The molecule has 2 aromatic carbocycles. The lowest BCUT2D eigenvalue weighted by Crippen LogP contribution is -2.30. The van der Waals surface area contributed by atoms with Gasteiger partial charge in [-0.1, -0.05) is 18.2 Å². The molecule has 0 aliphatic carbocycles. The first-order valence-electron chi connectivity index (χ1n) is 9.52. The summed E-state index contributed by atoms with van der Waals surface area (Å²) in [5.41, 5.74) is 6.88. The van der Waals surface area contributed by atoms with Crippen molar-refractivity contribution in [3.63, 3.8) is 0 Å². The van der Waals surface area contributed by atoms with Crippen LogP contribution in [-0.4, -0.2) is 40.0 Å². The summed E-state index contributed by atoms with van der Waals surface area (Å²) in [7, 11) is 0. The lowest BCUT2D eigenvalue weighted by Gasteiger charge is -2.09. The van der Waals surface area contributed by atoms with Crippen LogP contribution < -0.4 is 21.1 Å². The lowest BCUT2D eigenvalue weighted by molar-refractivity contribution is -0.143. The van der Waals surface area contributed by atoms with E-state index in [-0.39, 0.29) is 30.9 Å². The molecule has 3 rings (SSSR count). The minimum atomic E-state index is -0.643. The van der Waals surface area contributed by atoms with E-state index in [0.29, 0.717) is 17.9 Å². The van der Waals surface area contributed by atoms with Crippen LogP contribution in [0.1, 0.15) is 23.1 Å².